The minimum Gasteiger partial charge on any atom is -0.396 e. The van der Waals surface area contributed by atoms with Crippen molar-refractivity contribution in [1.29, 1.82) is 0 Å². The highest BCUT2D eigenvalue weighted by Crippen LogP contribution is 2.30. The summed E-state index contributed by atoms with van der Waals surface area (Å²) in [7, 11) is 0. The Kier molecular flexibility index (Phi) is 10.9. The van der Waals surface area contributed by atoms with E-state index in [1.54, 1.807) is 0 Å². The van der Waals surface area contributed by atoms with Crippen LogP contribution in [-0.2, 0) is 43.6 Å². The molecule has 3 aromatic carbocycles. The third-order valence-electron chi connectivity index (χ3n) is 6.54. The molecule has 1 amide bonds. The fraction of sp³-hybridized carbons (Fsp3) is 0.387. The maximum atomic E-state index is 12.2. The van der Waals surface area contributed by atoms with E-state index in [4.69, 9.17) is 18.9 Å². The van der Waals surface area contributed by atoms with Gasteiger partial charge in [-0.05, 0) is 23.1 Å². The molecule has 2 N–H and O–H groups in total. The predicted molar refractivity (Wildman–Crippen MR) is 144 cm³/mol. The molecule has 0 unspecified atom stereocenters. The summed E-state index contributed by atoms with van der Waals surface area (Å²) in [6.45, 7) is 2.79. The molecule has 7 nitrogen and oxygen atoms in total. The Morgan fingerprint density at radius 2 is 1.26 bits per heavy atom. The van der Waals surface area contributed by atoms with Gasteiger partial charge in [0.1, 0.15) is 18.3 Å². The standard InChI is InChI=1S/C31H37NO6/c1-23(34)32-29-27(17-18-33)38-28(22-35-19-24-11-5-2-6-12-24)30(36-20-25-13-7-3-8-14-25)31(29)37-21-26-15-9-4-10-16-26/h2-16,27-31,33H,17-22H2,1H3,(H,32,34)/t27-,28-,29+,30-,31-/m1/s1. The van der Waals surface area contributed by atoms with Crippen LogP contribution in [0.1, 0.15) is 30.0 Å². The minimum atomic E-state index is -0.529. The molecule has 1 fully saturated rings. The van der Waals surface area contributed by atoms with Crippen molar-refractivity contribution in [2.75, 3.05) is 13.2 Å². The Morgan fingerprint density at radius 3 is 1.76 bits per heavy atom. The fourth-order valence-electron chi connectivity index (χ4n) is 4.73. The van der Waals surface area contributed by atoms with Crippen LogP contribution in [0.3, 0.4) is 0 Å². The monoisotopic (exact) mass is 519 g/mol. The van der Waals surface area contributed by atoms with Crippen LogP contribution in [0, 0.1) is 0 Å². The molecule has 1 heterocycles. The molecule has 0 aliphatic carbocycles. The number of carbonyl (C=O) groups excluding carboxylic acids is 1. The SMILES string of the molecule is CC(=O)N[C@@H]1[C@@H](OCc2ccccc2)[C@H](OCc2ccccc2)[C@@H](COCc2ccccc2)O[C@@H]1CCO. The predicted octanol–water partition coefficient (Wildman–Crippen LogP) is 4.03. The maximum Gasteiger partial charge on any atom is 0.217 e. The smallest absolute Gasteiger partial charge is 0.217 e. The number of hydrogen-bond acceptors (Lipinski definition) is 6. The molecule has 0 spiro atoms. The summed E-state index contributed by atoms with van der Waals surface area (Å²) in [5.74, 6) is -0.199. The van der Waals surface area contributed by atoms with Crippen LogP contribution in [0.2, 0.25) is 0 Å². The Morgan fingerprint density at radius 1 is 0.763 bits per heavy atom. The summed E-state index contributed by atoms with van der Waals surface area (Å²) in [5.41, 5.74) is 3.09. The molecule has 1 aliphatic rings. The first kappa shape index (κ1) is 28.0. The molecular weight excluding hydrogens is 482 g/mol. The summed E-state index contributed by atoms with van der Waals surface area (Å²) in [4.78, 5) is 12.2. The van der Waals surface area contributed by atoms with Gasteiger partial charge in [0.15, 0.2) is 0 Å². The van der Waals surface area contributed by atoms with Crippen molar-refractivity contribution in [2.45, 2.75) is 63.6 Å². The average Bonchev–Trinajstić information content (AvgIpc) is 2.94. The van der Waals surface area contributed by atoms with Gasteiger partial charge in [0.25, 0.3) is 0 Å². The quantitative estimate of drug-likeness (QED) is 0.355. The lowest BCUT2D eigenvalue weighted by atomic mass is 9.90. The third kappa shape index (κ3) is 8.21. The molecule has 38 heavy (non-hydrogen) atoms. The van der Waals surface area contributed by atoms with Crippen molar-refractivity contribution in [1.82, 2.24) is 5.32 Å². The summed E-state index contributed by atoms with van der Waals surface area (Å²) in [6.07, 6.45) is -1.65. The number of hydrogen-bond donors (Lipinski definition) is 2. The second kappa shape index (κ2) is 14.8. The molecule has 1 saturated heterocycles. The third-order valence-corrected chi connectivity index (χ3v) is 6.54. The lowest BCUT2D eigenvalue weighted by Gasteiger charge is -2.46. The summed E-state index contributed by atoms with van der Waals surface area (Å²) < 4.78 is 25.5. The van der Waals surface area contributed by atoms with Crippen molar-refractivity contribution < 1.29 is 28.8 Å². The summed E-state index contributed by atoms with van der Waals surface area (Å²) >= 11 is 0. The van der Waals surface area contributed by atoms with Gasteiger partial charge < -0.3 is 29.4 Å². The van der Waals surface area contributed by atoms with Gasteiger partial charge in [-0.25, -0.2) is 0 Å². The molecule has 0 aromatic heterocycles. The summed E-state index contributed by atoms with van der Waals surface area (Å²) in [6, 6.07) is 29.2. The van der Waals surface area contributed by atoms with Gasteiger partial charge in [-0.15, -0.1) is 0 Å². The van der Waals surface area contributed by atoms with E-state index in [1.165, 1.54) is 6.92 Å². The van der Waals surface area contributed by atoms with Gasteiger partial charge in [0.05, 0.1) is 38.6 Å². The first-order chi connectivity index (χ1) is 18.6. The number of aliphatic hydroxyl groups excluding tert-OH is 1. The molecule has 202 valence electrons. The Hall–Kier alpha value is -3.07. The topological polar surface area (TPSA) is 86.3 Å². The van der Waals surface area contributed by atoms with Gasteiger partial charge in [-0.2, -0.15) is 0 Å². The van der Waals surface area contributed by atoms with Crippen LogP contribution in [-0.4, -0.2) is 54.7 Å². The first-order valence-electron chi connectivity index (χ1n) is 13.1. The van der Waals surface area contributed by atoms with Crippen LogP contribution >= 0.6 is 0 Å². The van der Waals surface area contributed by atoms with E-state index < -0.39 is 30.5 Å². The second-order valence-electron chi connectivity index (χ2n) is 9.47. The van der Waals surface area contributed by atoms with E-state index in [-0.39, 0.29) is 19.1 Å². The maximum absolute atomic E-state index is 12.2. The zero-order chi connectivity index (χ0) is 26.6. The van der Waals surface area contributed by atoms with E-state index in [0.717, 1.165) is 16.7 Å². The lowest BCUT2D eigenvalue weighted by Crippen LogP contribution is -2.65. The Bertz CT molecular complexity index is 1080. The lowest BCUT2D eigenvalue weighted by molar-refractivity contribution is -0.234. The highest BCUT2D eigenvalue weighted by molar-refractivity contribution is 5.73. The van der Waals surface area contributed by atoms with E-state index in [0.29, 0.717) is 26.2 Å². The Balaban J connectivity index is 1.58. The van der Waals surface area contributed by atoms with Gasteiger partial charge >= 0.3 is 0 Å². The van der Waals surface area contributed by atoms with Crippen LogP contribution in [0.5, 0.6) is 0 Å². The molecule has 4 rings (SSSR count). The molecule has 0 saturated carbocycles. The van der Waals surface area contributed by atoms with Gasteiger partial charge in [-0.3, -0.25) is 4.79 Å². The van der Waals surface area contributed by atoms with Gasteiger partial charge in [-0.1, -0.05) is 91.0 Å². The number of amides is 1. The van der Waals surface area contributed by atoms with Crippen molar-refractivity contribution in [3.63, 3.8) is 0 Å². The number of benzene rings is 3. The van der Waals surface area contributed by atoms with Crippen LogP contribution < -0.4 is 5.32 Å². The molecule has 0 bridgehead atoms. The first-order valence-corrected chi connectivity index (χ1v) is 13.1. The normalized spacial score (nSPS) is 23.2. The van der Waals surface area contributed by atoms with Crippen LogP contribution in [0.15, 0.2) is 91.0 Å². The van der Waals surface area contributed by atoms with Gasteiger partial charge in [0.2, 0.25) is 5.91 Å². The van der Waals surface area contributed by atoms with E-state index in [1.807, 2.05) is 91.0 Å². The van der Waals surface area contributed by atoms with Crippen molar-refractivity contribution >= 4 is 5.91 Å². The highest BCUT2D eigenvalue weighted by Gasteiger charge is 2.47. The number of rotatable bonds is 13. The number of nitrogens with one attached hydrogen (secondary N) is 1. The van der Waals surface area contributed by atoms with Crippen LogP contribution in [0.25, 0.3) is 0 Å². The number of aliphatic hydroxyl groups is 1. The number of ether oxygens (including phenoxy) is 4. The minimum absolute atomic E-state index is 0.0840. The van der Waals surface area contributed by atoms with E-state index >= 15 is 0 Å². The molecule has 0 radical (unpaired) electrons. The second-order valence-corrected chi connectivity index (χ2v) is 9.47. The Labute approximate surface area is 224 Å². The molecule has 3 aromatic rings. The van der Waals surface area contributed by atoms with Crippen molar-refractivity contribution in [2.24, 2.45) is 0 Å². The van der Waals surface area contributed by atoms with Crippen LogP contribution in [0.4, 0.5) is 0 Å². The summed E-state index contributed by atoms with van der Waals surface area (Å²) in [5, 5.41) is 12.8. The van der Waals surface area contributed by atoms with Crippen molar-refractivity contribution in [3.05, 3.63) is 108 Å². The molecular formula is C31H37NO6. The zero-order valence-corrected chi connectivity index (χ0v) is 21.8. The highest BCUT2D eigenvalue weighted by atomic mass is 16.6. The molecule has 1 aliphatic heterocycles. The van der Waals surface area contributed by atoms with E-state index in [9.17, 15) is 9.90 Å². The average molecular weight is 520 g/mol. The van der Waals surface area contributed by atoms with Crippen molar-refractivity contribution in [3.8, 4) is 0 Å². The van der Waals surface area contributed by atoms with Gasteiger partial charge in [0, 0.05) is 13.5 Å². The molecule has 5 atom stereocenters. The largest absolute Gasteiger partial charge is 0.396 e. The zero-order valence-electron chi connectivity index (χ0n) is 21.8. The fourth-order valence-corrected chi connectivity index (χ4v) is 4.73. The van der Waals surface area contributed by atoms with E-state index in [2.05, 4.69) is 5.32 Å². The number of carbonyl (C=O) groups is 1. The molecule has 7 heteroatoms.